The van der Waals surface area contributed by atoms with E-state index < -0.39 is 67.0 Å². The van der Waals surface area contributed by atoms with Crippen molar-refractivity contribution < 1.29 is 28.6 Å². The van der Waals surface area contributed by atoms with Gasteiger partial charge in [0.2, 0.25) is 11.8 Å². The van der Waals surface area contributed by atoms with E-state index in [-0.39, 0.29) is 13.0 Å². The zero-order valence-corrected chi connectivity index (χ0v) is 25.9. The first-order chi connectivity index (χ1) is 17.7. The van der Waals surface area contributed by atoms with Gasteiger partial charge in [-0.25, -0.2) is 9.18 Å². The Morgan fingerprint density at radius 1 is 1.13 bits per heavy atom. The molecule has 0 aromatic heterocycles. The predicted octanol–water partition coefficient (Wildman–Crippen LogP) is 4.13. The first-order valence-electron chi connectivity index (χ1n) is 13.3. The summed E-state index contributed by atoms with van der Waals surface area (Å²) >= 11 is 0. The molecule has 3 amide bonds. The van der Waals surface area contributed by atoms with Crippen LogP contribution in [-0.4, -0.2) is 66.3 Å². The van der Waals surface area contributed by atoms with Crippen molar-refractivity contribution in [1.29, 1.82) is 0 Å². The Balaban J connectivity index is 2.21. The van der Waals surface area contributed by atoms with Crippen LogP contribution in [0.25, 0.3) is 0 Å². The van der Waals surface area contributed by atoms with Crippen LogP contribution in [-0.2, 0) is 14.3 Å². The lowest BCUT2D eigenvalue weighted by molar-refractivity contribution is -0.142. The fraction of sp³-hybridized carbons (Fsp3) is 0.621. The Morgan fingerprint density at radius 3 is 2.26 bits per heavy atom. The van der Waals surface area contributed by atoms with Gasteiger partial charge in [-0.05, 0) is 50.8 Å². The van der Waals surface area contributed by atoms with Gasteiger partial charge in [-0.1, -0.05) is 52.4 Å². The fourth-order valence-corrected chi connectivity index (χ4v) is 4.61. The molecule has 0 aliphatic carbocycles. The standard InChI is InChI=1S/C29H44FN3O5Si/c1-18(20-12-11-19(22(30)15-20)13-14-39(8,9)10)31-25(35)23-16-21(34)17-33(23)26(36)24(28(2,3)4)32-27(37)38-29(5,6)7/h11-12,15,18,21,23-24,34H,16-17H2,1-10H3,(H,31,35)(H,32,37)/t18-,21+,23-,24+/m0/s1. The molecule has 1 aliphatic rings. The number of likely N-dealkylation sites (tertiary alicyclic amines) is 1. The molecule has 2 rings (SSSR count). The Labute approximate surface area is 233 Å². The van der Waals surface area contributed by atoms with Crippen molar-refractivity contribution in [1.82, 2.24) is 15.5 Å². The predicted molar refractivity (Wildman–Crippen MR) is 152 cm³/mol. The topological polar surface area (TPSA) is 108 Å². The lowest BCUT2D eigenvalue weighted by Crippen LogP contribution is -2.58. The van der Waals surface area contributed by atoms with E-state index in [4.69, 9.17) is 4.74 Å². The molecule has 10 heteroatoms. The molecule has 0 bridgehead atoms. The number of aliphatic hydroxyl groups excluding tert-OH is 1. The minimum atomic E-state index is -1.66. The lowest BCUT2D eigenvalue weighted by atomic mass is 9.85. The van der Waals surface area contributed by atoms with E-state index >= 15 is 0 Å². The number of halogens is 1. The van der Waals surface area contributed by atoms with Gasteiger partial charge < -0.3 is 25.4 Å². The van der Waals surface area contributed by atoms with E-state index in [0.29, 0.717) is 11.1 Å². The summed E-state index contributed by atoms with van der Waals surface area (Å²) in [6, 6.07) is 2.17. The van der Waals surface area contributed by atoms with Crippen LogP contribution in [0.15, 0.2) is 18.2 Å². The van der Waals surface area contributed by atoms with Crippen LogP contribution in [0.2, 0.25) is 19.6 Å². The molecule has 1 saturated heterocycles. The third-order valence-corrected chi connectivity index (χ3v) is 6.94. The van der Waals surface area contributed by atoms with Crippen LogP contribution >= 0.6 is 0 Å². The van der Waals surface area contributed by atoms with Gasteiger partial charge in [0.15, 0.2) is 0 Å². The van der Waals surface area contributed by atoms with Crippen LogP contribution in [0.1, 0.15) is 72.1 Å². The highest BCUT2D eigenvalue weighted by Crippen LogP contribution is 2.27. The molecule has 1 aliphatic heterocycles. The number of hydrogen-bond donors (Lipinski definition) is 3. The Morgan fingerprint density at radius 2 is 1.74 bits per heavy atom. The number of alkyl carbamates (subject to hydrolysis) is 1. The second kappa shape index (κ2) is 12.1. The van der Waals surface area contributed by atoms with Crippen molar-refractivity contribution in [3.05, 3.63) is 35.1 Å². The molecule has 8 nitrogen and oxygen atoms in total. The molecule has 0 spiro atoms. The summed E-state index contributed by atoms with van der Waals surface area (Å²) in [5.74, 6) is 1.49. The monoisotopic (exact) mass is 561 g/mol. The molecule has 216 valence electrons. The smallest absolute Gasteiger partial charge is 0.408 e. The summed E-state index contributed by atoms with van der Waals surface area (Å²) in [4.78, 5) is 40.7. The first-order valence-corrected chi connectivity index (χ1v) is 16.8. The van der Waals surface area contributed by atoms with Gasteiger partial charge >= 0.3 is 6.09 Å². The Bertz CT molecular complexity index is 1140. The van der Waals surface area contributed by atoms with Crippen LogP contribution in [0.4, 0.5) is 9.18 Å². The Hall–Kier alpha value is -2.90. The van der Waals surface area contributed by atoms with Crippen molar-refractivity contribution in [3.63, 3.8) is 0 Å². The highest BCUT2D eigenvalue weighted by molar-refractivity contribution is 6.83. The highest BCUT2D eigenvalue weighted by Gasteiger charge is 2.45. The van der Waals surface area contributed by atoms with Gasteiger partial charge in [0, 0.05) is 13.0 Å². The molecule has 3 N–H and O–H groups in total. The van der Waals surface area contributed by atoms with Crippen molar-refractivity contribution in [2.45, 2.75) is 104 Å². The average Bonchev–Trinajstić information content (AvgIpc) is 3.15. The van der Waals surface area contributed by atoms with Crippen LogP contribution in [0, 0.1) is 22.7 Å². The van der Waals surface area contributed by atoms with E-state index in [0.717, 1.165) is 0 Å². The maximum atomic E-state index is 14.7. The molecule has 1 aromatic rings. The number of ether oxygens (including phenoxy) is 1. The maximum Gasteiger partial charge on any atom is 0.408 e. The summed E-state index contributed by atoms with van der Waals surface area (Å²) in [5.41, 5.74) is 2.55. The highest BCUT2D eigenvalue weighted by atomic mass is 28.3. The number of amides is 3. The van der Waals surface area contributed by atoms with Gasteiger partial charge in [-0.2, -0.15) is 0 Å². The minimum absolute atomic E-state index is 0.0486. The zero-order valence-electron chi connectivity index (χ0n) is 24.9. The molecule has 1 fully saturated rings. The van der Waals surface area contributed by atoms with E-state index in [1.54, 1.807) is 60.6 Å². The summed E-state index contributed by atoms with van der Waals surface area (Å²) in [5, 5.41) is 15.9. The van der Waals surface area contributed by atoms with Gasteiger partial charge in [0.1, 0.15) is 31.6 Å². The van der Waals surface area contributed by atoms with Crippen LogP contribution < -0.4 is 10.6 Å². The number of rotatable bonds is 5. The van der Waals surface area contributed by atoms with Crippen molar-refractivity contribution in [3.8, 4) is 11.5 Å². The summed E-state index contributed by atoms with van der Waals surface area (Å²) in [6.07, 6.45) is -1.60. The average molecular weight is 562 g/mol. The van der Waals surface area contributed by atoms with E-state index in [1.165, 1.54) is 11.0 Å². The third kappa shape index (κ3) is 9.66. The second-order valence-electron chi connectivity index (χ2n) is 13.3. The molecular weight excluding hydrogens is 517 g/mol. The Kier molecular flexibility index (Phi) is 10.0. The third-order valence-electron chi connectivity index (χ3n) is 6.06. The quantitative estimate of drug-likeness (QED) is 0.370. The molecule has 0 radical (unpaired) electrons. The van der Waals surface area contributed by atoms with E-state index in [2.05, 4.69) is 41.7 Å². The van der Waals surface area contributed by atoms with E-state index in [1.807, 2.05) is 0 Å². The molecule has 0 unspecified atom stereocenters. The number of nitrogens with zero attached hydrogens (tertiary/aromatic N) is 1. The summed E-state index contributed by atoms with van der Waals surface area (Å²) in [7, 11) is -1.66. The van der Waals surface area contributed by atoms with Gasteiger partial charge in [-0.3, -0.25) is 9.59 Å². The first kappa shape index (κ1) is 32.3. The van der Waals surface area contributed by atoms with Crippen molar-refractivity contribution in [2.24, 2.45) is 5.41 Å². The number of hydrogen-bond acceptors (Lipinski definition) is 5. The maximum absolute atomic E-state index is 14.7. The van der Waals surface area contributed by atoms with Crippen LogP contribution in [0.3, 0.4) is 0 Å². The zero-order chi connectivity index (χ0) is 29.9. The van der Waals surface area contributed by atoms with Crippen molar-refractivity contribution in [2.75, 3.05) is 6.54 Å². The molecular formula is C29H44FN3O5Si. The molecule has 39 heavy (non-hydrogen) atoms. The normalized spacial score (nSPS) is 19.4. The molecule has 0 saturated carbocycles. The van der Waals surface area contributed by atoms with Gasteiger partial charge in [0.25, 0.3) is 0 Å². The number of carbonyl (C=O) groups excluding carboxylic acids is 3. The molecule has 4 atom stereocenters. The van der Waals surface area contributed by atoms with Gasteiger partial charge in [0.05, 0.1) is 17.7 Å². The second-order valence-corrected chi connectivity index (χ2v) is 18.1. The number of β-amino-alcohol motifs (C(OH)–C–C–N with tert-alkyl or cyclic N) is 1. The number of benzene rings is 1. The summed E-state index contributed by atoms with van der Waals surface area (Å²) in [6.45, 7) is 18.5. The number of nitrogens with one attached hydrogen (secondary N) is 2. The lowest BCUT2D eigenvalue weighted by Gasteiger charge is -2.35. The molecule has 1 aromatic carbocycles. The minimum Gasteiger partial charge on any atom is -0.444 e. The largest absolute Gasteiger partial charge is 0.444 e. The van der Waals surface area contributed by atoms with Crippen LogP contribution in [0.5, 0.6) is 0 Å². The van der Waals surface area contributed by atoms with Gasteiger partial charge in [-0.15, -0.1) is 5.54 Å². The van der Waals surface area contributed by atoms with E-state index in [9.17, 15) is 23.9 Å². The van der Waals surface area contributed by atoms with Crippen molar-refractivity contribution >= 4 is 26.0 Å². The number of aliphatic hydroxyl groups is 1. The SMILES string of the molecule is C[C@H](NC(=O)[C@@H]1C[C@@H](O)CN1C(=O)[C@@H](NC(=O)OC(C)(C)C)C(C)(C)C)c1ccc(C#C[Si](C)(C)C)c(F)c1. The fourth-order valence-electron chi connectivity index (χ4n) is 4.10. The molecule has 1 heterocycles. The number of carbonyl (C=O) groups is 3. The summed E-state index contributed by atoms with van der Waals surface area (Å²) < 4.78 is 20.1.